The van der Waals surface area contributed by atoms with Crippen molar-refractivity contribution in [1.29, 1.82) is 0 Å². The monoisotopic (exact) mass is 447 g/mol. The maximum absolute atomic E-state index is 12.7. The van der Waals surface area contributed by atoms with Crippen LogP contribution in [0.2, 0.25) is 0 Å². The van der Waals surface area contributed by atoms with Crippen LogP contribution in [-0.2, 0) is 10.2 Å². The van der Waals surface area contributed by atoms with Crippen molar-refractivity contribution in [1.82, 2.24) is 10.2 Å². The molecule has 2 atom stereocenters. The molecule has 2 aliphatic rings. The van der Waals surface area contributed by atoms with Crippen molar-refractivity contribution in [2.75, 3.05) is 12.4 Å². The first-order valence-corrected chi connectivity index (χ1v) is 8.85. The van der Waals surface area contributed by atoms with E-state index < -0.39 is 5.41 Å². The van der Waals surface area contributed by atoms with Crippen molar-refractivity contribution in [2.24, 2.45) is 0 Å². The average Bonchev–Trinajstić information content (AvgIpc) is 3.17. The van der Waals surface area contributed by atoms with Crippen molar-refractivity contribution in [3.8, 4) is 5.75 Å². The fourth-order valence-electron chi connectivity index (χ4n) is 3.91. The number of H-pyrrole nitrogens is 1. The van der Waals surface area contributed by atoms with Gasteiger partial charge in [-0.2, -0.15) is 5.10 Å². The van der Waals surface area contributed by atoms with Crippen LogP contribution >= 0.6 is 22.6 Å². The molecule has 1 aromatic heterocycles. The molecule has 3 aromatic rings. The van der Waals surface area contributed by atoms with Crippen LogP contribution in [0.25, 0.3) is 10.9 Å². The Balaban J connectivity index is 0.00000157. The summed E-state index contributed by atoms with van der Waals surface area (Å²) in [5, 5.41) is 11.5. The summed E-state index contributed by atoms with van der Waals surface area (Å²) in [6.07, 6.45) is 0.825. The minimum atomic E-state index is -0.457. The average molecular weight is 447 g/mol. The van der Waals surface area contributed by atoms with Gasteiger partial charge in [-0.05, 0) is 70.5 Å². The number of rotatable bonds is 2. The quantitative estimate of drug-likeness (QED) is 0.580. The summed E-state index contributed by atoms with van der Waals surface area (Å²) in [6, 6.07) is 12.1. The third kappa shape index (κ3) is 2.13. The Morgan fingerprint density at radius 2 is 2.12 bits per heavy atom. The van der Waals surface area contributed by atoms with Gasteiger partial charge in [0, 0.05) is 17.0 Å². The number of anilines is 1. The lowest BCUT2D eigenvalue weighted by Crippen LogP contribution is -2.21. The van der Waals surface area contributed by atoms with Crippen LogP contribution in [0.5, 0.6) is 5.75 Å². The third-order valence-corrected chi connectivity index (χ3v) is 6.08. The lowest BCUT2D eigenvalue weighted by Gasteiger charge is -2.10. The summed E-state index contributed by atoms with van der Waals surface area (Å²) in [5.74, 6) is 1.06. The second-order valence-corrected chi connectivity index (χ2v) is 7.49. The Kier molecular flexibility index (Phi) is 3.57. The fraction of sp³-hybridized carbons (Fsp3) is 0.263. The Hall–Kier alpha value is -2.09. The zero-order chi connectivity index (χ0) is 16.5. The summed E-state index contributed by atoms with van der Waals surface area (Å²) >= 11 is 2.24. The van der Waals surface area contributed by atoms with Crippen LogP contribution in [0.1, 0.15) is 30.9 Å². The highest BCUT2D eigenvalue weighted by molar-refractivity contribution is 14.1. The number of nitrogens with zero attached hydrogens (tertiary/aromatic N) is 1. The molecule has 5 rings (SSSR count). The molecular formula is C19H18IN3O2. The lowest BCUT2D eigenvalue weighted by molar-refractivity contribution is -0.118. The number of hydrogen-bond acceptors (Lipinski definition) is 3. The second-order valence-electron chi connectivity index (χ2n) is 6.41. The molecule has 1 saturated carbocycles. The van der Waals surface area contributed by atoms with Crippen LogP contribution < -0.4 is 10.1 Å². The van der Waals surface area contributed by atoms with Gasteiger partial charge in [0.2, 0.25) is 5.91 Å². The topological polar surface area (TPSA) is 67.0 Å². The van der Waals surface area contributed by atoms with Gasteiger partial charge in [-0.15, -0.1) is 0 Å². The van der Waals surface area contributed by atoms with E-state index in [0.717, 1.165) is 43.6 Å². The van der Waals surface area contributed by atoms with Gasteiger partial charge in [0.15, 0.2) is 0 Å². The molecule has 1 spiro atoms. The van der Waals surface area contributed by atoms with E-state index in [2.05, 4.69) is 56.3 Å². The van der Waals surface area contributed by atoms with E-state index in [0.29, 0.717) is 0 Å². The van der Waals surface area contributed by atoms with Crippen molar-refractivity contribution in [3.63, 3.8) is 0 Å². The highest BCUT2D eigenvalue weighted by Crippen LogP contribution is 2.65. The van der Waals surface area contributed by atoms with Crippen molar-refractivity contribution in [3.05, 3.63) is 51.2 Å². The fourth-order valence-corrected chi connectivity index (χ4v) is 4.49. The molecule has 0 radical (unpaired) electrons. The second kappa shape index (κ2) is 5.45. The molecule has 2 aromatic carbocycles. The Morgan fingerprint density at radius 3 is 2.92 bits per heavy atom. The van der Waals surface area contributed by atoms with Crippen LogP contribution in [0.3, 0.4) is 0 Å². The molecule has 25 heavy (non-hydrogen) atoms. The first-order chi connectivity index (χ1) is 11.6. The van der Waals surface area contributed by atoms with E-state index in [-0.39, 0.29) is 19.3 Å². The zero-order valence-corrected chi connectivity index (χ0v) is 15.0. The van der Waals surface area contributed by atoms with Crippen LogP contribution in [0.15, 0.2) is 36.4 Å². The first kappa shape index (κ1) is 16.4. The van der Waals surface area contributed by atoms with Crippen LogP contribution in [0.4, 0.5) is 5.69 Å². The molecule has 0 unspecified atom stereocenters. The van der Waals surface area contributed by atoms with E-state index in [1.54, 1.807) is 7.11 Å². The molecule has 5 nitrogen and oxygen atoms in total. The number of methoxy groups -OCH3 is 1. The molecule has 1 aliphatic carbocycles. The number of hydrogen-bond donors (Lipinski definition) is 2. The van der Waals surface area contributed by atoms with E-state index in [1.165, 1.54) is 0 Å². The van der Waals surface area contributed by atoms with E-state index in [4.69, 9.17) is 4.74 Å². The summed E-state index contributed by atoms with van der Waals surface area (Å²) < 4.78 is 6.38. The molecule has 0 bridgehead atoms. The van der Waals surface area contributed by atoms with Gasteiger partial charge in [0.25, 0.3) is 0 Å². The minimum Gasteiger partial charge on any atom is -0.497 e. The smallest absolute Gasteiger partial charge is 0.235 e. The number of aromatic nitrogens is 2. The molecule has 2 N–H and O–H groups in total. The molecule has 1 aliphatic heterocycles. The van der Waals surface area contributed by atoms with Gasteiger partial charge < -0.3 is 10.1 Å². The molecule has 6 heteroatoms. The number of benzene rings is 2. The van der Waals surface area contributed by atoms with Gasteiger partial charge in [0.1, 0.15) is 9.45 Å². The summed E-state index contributed by atoms with van der Waals surface area (Å²) in [4.78, 5) is 12.7. The highest BCUT2D eigenvalue weighted by Gasteiger charge is 2.65. The molecule has 128 valence electrons. The number of ether oxygens (including phenoxy) is 1. The number of nitrogens with one attached hydrogen (secondary N) is 2. The van der Waals surface area contributed by atoms with Crippen LogP contribution in [-0.4, -0.2) is 23.2 Å². The number of carbonyl (C=O) groups excluding carboxylic acids is 1. The van der Waals surface area contributed by atoms with Crippen molar-refractivity contribution < 1.29 is 9.53 Å². The number of carbonyl (C=O) groups is 1. The maximum atomic E-state index is 12.7. The van der Waals surface area contributed by atoms with Gasteiger partial charge in [-0.3, -0.25) is 9.89 Å². The van der Waals surface area contributed by atoms with Gasteiger partial charge in [0.05, 0.1) is 18.0 Å². The Labute approximate surface area is 159 Å². The van der Waals surface area contributed by atoms with Crippen molar-refractivity contribution >= 4 is 45.1 Å². The predicted octanol–water partition coefficient (Wildman–Crippen LogP) is 4.19. The predicted molar refractivity (Wildman–Crippen MR) is 106 cm³/mol. The Bertz CT molecular complexity index is 1010. The highest BCUT2D eigenvalue weighted by atomic mass is 127. The normalized spacial score (nSPS) is 23.3. The lowest BCUT2D eigenvalue weighted by atomic mass is 9.91. The van der Waals surface area contributed by atoms with E-state index >= 15 is 0 Å². The van der Waals surface area contributed by atoms with Crippen LogP contribution in [0, 0.1) is 3.70 Å². The number of aromatic amines is 1. The molecule has 2 heterocycles. The minimum absolute atomic E-state index is 0. The maximum Gasteiger partial charge on any atom is 0.235 e. The number of amides is 1. The number of fused-ring (bicyclic) bond motifs is 3. The SMILES string of the molecule is C.COc1ccc2c(c1)[C@]1(C[C@H]1c1ccc3c(I)[nH]nc3c1)C(=O)N2. The first-order valence-electron chi connectivity index (χ1n) is 7.77. The molecular weight excluding hydrogens is 429 g/mol. The summed E-state index contributed by atoms with van der Waals surface area (Å²) in [6.45, 7) is 0. The van der Waals surface area contributed by atoms with Gasteiger partial charge >= 0.3 is 0 Å². The standard InChI is InChI=1S/C18H14IN3O2.CH4/c1-24-10-3-5-14-12(7-10)18(17(23)20-14)8-13(18)9-2-4-11-15(6-9)21-22-16(11)19;/h2-7,13H,8H2,1H3,(H,20,23)(H,21,22);1H4/t13-,18-;/m0./s1. The third-order valence-electron chi connectivity index (χ3n) is 5.26. The molecule has 1 fully saturated rings. The van der Waals surface area contributed by atoms with Crippen molar-refractivity contribution in [2.45, 2.75) is 25.2 Å². The Morgan fingerprint density at radius 1 is 1.28 bits per heavy atom. The zero-order valence-electron chi connectivity index (χ0n) is 12.9. The molecule has 0 saturated heterocycles. The van der Waals surface area contributed by atoms with E-state index in [9.17, 15) is 4.79 Å². The summed E-state index contributed by atoms with van der Waals surface area (Å²) in [7, 11) is 1.65. The molecule has 1 amide bonds. The number of halogens is 1. The summed E-state index contributed by atoms with van der Waals surface area (Å²) in [5.41, 5.74) is 3.60. The van der Waals surface area contributed by atoms with E-state index in [1.807, 2.05) is 18.2 Å². The largest absolute Gasteiger partial charge is 0.497 e. The van der Waals surface area contributed by atoms with Gasteiger partial charge in [-0.25, -0.2) is 0 Å². The van der Waals surface area contributed by atoms with Gasteiger partial charge in [-0.1, -0.05) is 13.5 Å².